The van der Waals surface area contributed by atoms with Gasteiger partial charge in [-0.1, -0.05) is 0 Å². The number of anilines is 1. The van der Waals surface area contributed by atoms with Gasteiger partial charge in [-0.2, -0.15) is 0 Å². The van der Waals surface area contributed by atoms with Crippen molar-refractivity contribution in [2.45, 2.75) is 20.3 Å². The first-order chi connectivity index (χ1) is 15.1. The number of nitrogens with zero attached hydrogens (tertiary/aromatic N) is 2. The number of rotatable bonds is 9. The summed E-state index contributed by atoms with van der Waals surface area (Å²) < 4.78 is 29.5. The number of nitrogens with one attached hydrogen (secondary N) is 2. The number of oxazole rings is 1. The van der Waals surface area contributed by atoms with Gasteiger partial charge in [-0.3, -0.25) is 4.99 Å². The van der Waals surface area contributed by atoms with Crippen molar-refractivity contribution in [3.05, 3.63) is 60.2 Å². The van der Waals surface area contributed by atoms with E-state index >= 15 is 0 Å². The standard InChI is InChI=1S/C23H27FN4O3.HI/c1-4-25-23(28-18-10-11-20(29-3)21(14-18)30-5-2)26-13-12-19-15-31-22(27-19)16-6-8-17(24)9-7-16;/h6-11,14-15H,4-5,12-13H2,1-3H3,(H2,25,26,28);1H. The zero-order valence-corrected chi connectivity index (χ0v) is 20.7. The van der Waals surface area contributed by atoms with E-state index in [9.17, 15) is 4.39 Å². The van der Waals surface area contributed by atoms with Crippen LogP contribution in [0, 0.1) is 5.82 Å². The molecule has 0 aliphatic heterocycles. The van der Waals surface area contributed by atoms with E-state index in [4.69, 9.17) is 13.9 Å². The van der Waals surface area contributed by atoms with Crippen molar-refractivity contribution >= 4 is 35.6 Å². The highest BCUT2D eigenvalue weighted by molar-refractivity contribution is 14.0. The number of halogens is 2. The van der Waals surface area contributed by atoms with Crippen LogP contribution in [-0.4, -0.2) is 37.7 Å². The van der Waals surface area contributed by atoms with E-state index in [0.29, 0.717) is 42.9 Å². The first-order valence-corrected chi connectivity index (χ1v) is 10.2. The second-order valence-corrected chi connectivity index (χ2v) is 6.59. The maximum Gasteiger partial charge on any atom is 0.226 e. The second kappa shape index (κ2) is 12.9. The van der Waals surface area contributed by atoms with Crippen LogP contribution in [0.5, 0.6) is 11.5 Å². The topological polar surface area (TPSA) is 80.9 Å². The lowest BCUT2D eigenvalue weighted by Crippen LogP contribution is -2.30. The Hall–Kier alpha value is -2.82. The summed E-state index contributed by atoms with van der Waals surface area (Å²) in [5.74, 6) is 2.17. The fourth-order valence-corrected chi connectivity index (χ4v) is 2.90. The number of guanidine groups is 1. The first-order valence-electron chi connectivity index (χ1n) is 10.2. The molecule has 0 spiro atoms. The maximum absolute atomic E-state index is 13.1. The van der Waals surface area contributed by atoms with Gasteiger partial charge >= 0.3 is 0 Å². The Kier molecular flexibility index (Phi) is 10.3. The van der Waals surface area contributed by atoms with Crippen molar-refractivity contribution in [1.82, 2.24) is 10.3 Å². The molecule has 2 aromatic carbocycles. The number of methoxy groups -OCH3 is 1. The summed E-state index contributed by atoms with van der Waals surface area (Å²) in [6.45, 7) is 5.71. The summed E-state index contributed by atoms with van der Waals surface area (Å²) in [7, 11) is 1.61. The molecule has 0 radical (unpaired) electrons. The Bertz CT molecular complexity index is 1010. The zero-order chi connectivity index (χ0) is 22.1. The fourth-order valence-electron chi connectivity index (χ4n) is 2.90. The lowest BCUT2D eigenvalue weighted by atomic mass is 10.2. The van der Waals surface area contributed by atoms with E-state index in [2.05, 4.69) is 20.6 Å². The molecule has 0 saturated heterocycles. The molecule has 0 bridgehead atoms. The summed E-state index contributed by atoms with van der Waals surface area (Å²) in [4.78, 5) is 9.07. The molecule has 0 unspecified atom stereocenters. The molecule has 1 aromatic heterocycles. The van der Waals surface area contributed by atoms with E-state index in [1.165, 1.54) is 12.1 Å². The van der Waals surface area contributed by atoms with Crippen molar-refractivity contribution in [3.8, 4) is 23.0 Å². The van der Waals surface area contributed by atoms with Crippen LogP contribution in [0.2, 0.25) is 0 Å². The summed E-state index contributed by atoms with van der Waals surface area (Å²) in [6, 6.07) is 11.7. The van der Waals surface area contributed by atoms with Gasteiger partial charge in [0.05, 0.1) is 19.4 Å². The van der Waals surface area contributed by atoms with Gasteiger partial charge < -0.3 is 24.5 Å². The minimum atomic E-state index is -0.293. The molecule has 2 N–H and O–H groups in total. The Balaban J connectivity index is 0.00000363. The van der Waals surface area contributed by atoms with Crippen LogP contribution in [0.15, 0.2) is 58.1 Å². The molecular formula is C23H28FIN4O3. The molecule has 0 aliphatic carbocycles. The predicted octanol–water partition coefficient (Wildman–Crippen LogP) is 5.13. The molecule has 0 amide bonds. The molecule has 9 heteroatoms. The van der Waals surface area contributed by atoms with E-state index in [-0.39, 0.29) is 29.8 Å². The number of benzene rings is 2. The zero-order valence-electron chi connectivity index (χ0n) is 18.4. The Morgan fingerprint density at radius 3 is 2.59 bits per heavy atom. The van der Waals surface area contributed by atoms with Crippen LogP contribution in [0.3, 0.4) is 0 Å². The van der Waals surface area contributed by atoms with Gasteiger partial charge in [-0.25, -0.2) is 9.37 Å². The molecule has 0 atom stereocenters. The van der Waals surface area contributed by atoms with Crippen LogP contribution in [0.25, 0.3) is 11.5 Å². The lowest BCUT2D eigenvalue weighted by Gasteiger charge is -2.14. The Morgan fingerprint density at radius 1 is 1.12 bits per heavy atom. The summed E-state index contributed by atoms with van der Waals surface area (Å²) >= 11 is 0. The van der Waals surface area contributed by atoms with E-state index < -0.39 is 0 Å². The fraction of sp³-hybridized carbons (Fsp3) is 0.304. The monoisotopic (exact) mass is 554 g/mol. The summed E-state index contributed by atoms with van der Waals surface area (Å²) in [5.41, 5.74) is 2.35. The number of ether oxygens (including phenoxy) is 2. The highest BCUT2D eigenvalue weighted by atomic mass is 127. The highest BCUT2D eigenvalue weighted by Crippen LogP contribution is 2.30. The smallest absolute Gasteiger partial charge is 0.226 e. The second-order valence-electron chi connectivity index (χ2n) is 6.59. The third-order valence-electron chi connectivity index (χ3n) is 4.35. The van der Waals surface area contributed by atoms with Gasteiger partial charge in [-0.05, 0) is 50.2 Å². The molecule has 3 rings (SSSR count). The molecule has 3 aromatic rings. The number of hydrogen-bond donors (Lipinski definition) is 2. The van der Waals surface area contributed by atoms with Crippen molar-refractivity contribution in [1.29, 1.82) is 0 Å². The minimum absolute atomic E-state index is 0. The quantitative estimate of drug-likeness (QED) is 0.217. The predicted molar refractivity (Wildman–Crippen MR) is 135 cm³/mol. The maximum atomic E-state index is 13.1. The van der Waals surface area contributed by atoms with E-state index in [0.717, 1.165) is 23.5 Å². The van der Waals surface area contributed by atoms with Crippen LogP contribution in [-0.2, 0) is 6.42 Å². The van der Waals surface area contributed by atoms with Crippen LogP contribution in [0.1, 0.15) is 19.5 Å². The molecule has 0 saturated carbocycles. The van der Waals surface area contributed by atoms with Gasteiger partial charge in [0.2, 0.25) is 5.89 Å². The highest BCUT2D eigenvalue weighted by Gasteiger charge is 2.09. The van der Waals surface area contributed by atoms with Crippen molar-refractivity contribution in [2.75, 3.05) is 32.1 Å². The van der Waals surface area contributed by atoms with Crippen LogP contribution in [0.4, 0.5) is 10.1 Å². The molecule has 7 nitrogen and oxygen atoms in total. The third kappa shape index (κ3) is 7.11. The Labute approximate surface area is 204 Å². The molecule has 0 aliphatic rings. The SMILES string of the molecule is CCNC(=NCCc1coc(-c2ccc(F)cc2)n1)Nc1ccc(OC)c(OCC)c1.I. The average Bonchev–Trinajstić information content (AvgIpc) is 3.24. The molecule has 1 heterocycles. The van der Waals surface area contributed by atoms with Crippen LogP contribution >= 0.6 is 24.0 Å². The minimum Gasteiger partial charge on any atom is -0.493 e. The van der Waals surface area contributed by atoms with Gasteiger partial charge in [-0.15, -0.1) is 24.0 Å². The van der Waals surface area contributed by atoms with Gasteiger partial charge in [0.1, 0.15) is 12.1 Å². The molecule has 0 fully saturated rings. The van der Waals surface area contributed by atoms with Gasteiger partial charge in [0.25, 0.3) is 0 Å². The molecule has 32 heavy (non-hydrogen) atoms. The van der Waals surface area contributed by atoms with E-state index in [1.54, 1.807) is 25.5 Å². The van der Waals surface area contributed by atoms with Crippen molar-refractivity contribution in [3.63, 3.8) is 0 Å². The lowest BCUT2D eigenvalue weighted by molar-refractivity contribution is 0.311. The number of hydrogen-bond acceptors (Lipinski definition) is 5. The largest absolute Gasteiger partial charge is 0.493 e. The molecular weight excluding hydrogens is 526 g/mol. The first kappa shape index (κ1) is 25.4. The van der Waals surface area contributed by atoms with Crippen molar-refractivity contribution < 1.29 is 18.3 Å². The summed E-state index contributed by atoms with van der Waals surface area (Å²) in [5, 5.41) is 6.50. The van der Waals surface area contributed by atoms with Crippen LogP contribution < -0.4 is 20.1 Å². The number of aromatic nitrogens is 1. The van der Waals surface area contributed by atoms with Gasteiger partial charge in [0, 0.05) is 36.8 Å². The van der Waals surface area contributed by atoms with Gasteiger partial charge in [0.15, 0.2) is 17.5 Å². The summed E-state index contributed by atoms with van der Waals surface area (Å²) in [6.07, 6.45) is 2.21. The normalized spacial score (nSPS) is 10.9. The average molecular weight is 554 g/mol. The van der Waals surface area contributed by atoms with Crippen molar-refractivity contribution in [2.24, 2.45) is 4.99 Å². The number of aliphatic imine (C=N–C) groups is 1. The molecule has 172 valence electrons. The Morgan fingerprint density at radius 2 is 1.91 bits per heavy atom. The van der Waals surface area contributed by atoms with E-state index in [1.807, 2.05) is 32.0 Å². The third-order valence-corrected chi connectivity index (χ3v) is 4.35.